The highest BCUT2D eigenvalue weighted by molar-refractivity contribution is 5.25. The predicted octanol–water partition coefficient (Wildman–Crippen LogP) is 1.27. The quantitative estimate of drug-likeness (QED) is 0.899. The van der Waals surface area contributed by atoms with Crippen LogP contribution in [0.25, 0.3) is 0 Å². The molecule has 0 saturated heterocycles. The maximum Gasteiger partial charge on any atom is 0.147 e. The van der Waals surface area contributed by atoms with Crippen molar-refractivity contribution in [3.05, 3.63) is 48.0 Å². The van der Waals surface area contributed by atoms with E-state index in [0.29, 0.717) is 0 Å². The summed E-state index contributed by atoms with van der Waals surface area (Å²) in [6, 6.07) is 10.8. The van der Waals surface area contributed by atoms with Gasteiger partial charge < -0.3 is 9.88 Å². The minimum atomic E-state index is 0.0954. The highest BCUT2D eigenvalue weighted by atomic mass is 15.3. The zero-order valence-electron chi connectivity index (χ0n) is 12.8. The summed E-state index contributed by atoms with van der Waals surface area (Å²) in [5.74, 6) is 1.07. The largest absolute Gasteiger partial charge is 0.319 e. The van der Waals surface area contributed by atoms with Gasteiger partial charge in [0.05, 0.1) is 6.54 Å². The van der Waals surface area contributed by atoms with E-state index >= 15 is 0 Å². The molecule has 0 aliphatic carbocycles. The fraction of sp³-hybridized carbons (Fsp3) is 0.500. The summed E-state index contributed by atoms with van der Waals surface area (Å²) in [6.45, 7) is 7.22. The summed E-state index contributed by atoms with van der Waals surface area (Å²) in [5.41, 5.74) is 1.48. The first-order valence-electron chi connectivity index (χ1n) is 7.50. The van der Waals surface area contributed by atoms with Gasteiger partial charge in [-0.3, -0.25) is 4.90 Å². The lowest BCUT2D eigenvalue weighted by Gasteiger charge is -2.37. The van der Waals surface area contributed by atoms with E-state index in [0.717, 1.165) is 38.5 Å². The summed E-state index contributed by atoms with van der Waals surface area (Å²) >= 11 is 0. The Balaban J connectivity index is 1.77. The van der Waals surface area contributed by atoms with E-state index in [1.54, 1.807) is 0 Å². The summed E-state index contributed by atoms with van der Waals surface area (Å²) in [5, 5.41) is 11.6. The number of rotatable bonds is 5. The molecule has 3 rings (SSSR count). The Morgan fingerprint density at radius 3 is 2.81 bits per heavy atom. The van der Waals surface area contributed by atoms with Crippen molar-refractivity contribution in [2.45, 2.75) is 25.4 Å². The van der Waals surface area contributed by atoms with Gasteiger partial charge in [0.2, 0.25) is 0 Å². The average molecular weight is 285 g/mol. The van der Waals surface area contributed by atoms with Gasteiger partial charge in [0, 0.05) is 31.6 Å². The molecule has 1 aliphatic rings. The fourth-order valence-electron chi connectivity index (χ4n) is 3.22. The van der Waals surface area contributed by atoms with Crippen LogP contribution in [-0.2, 0) is 18.5 Å². The number of nitrogens with zero attached hydrogens (tertiary/aromatic N) is 4. The predicted molar refractivity (Wildman–Crippen MR) is 83.0 cm³/mol. The summed E-state index contributed by atoms with van der Waals surface area (Å²) in [7, 11) is 2.02. The third kappa shape index (κ3) is 2.99. The molecule has 0 fully saturated rings. The van der Waals surface area contributed by atoms with E-state index in [-0.39, 0.29) is 5.41 Å². The molecule has 1 aliphatic heterocycles. The van der Waals surface area contributed by atoms with Crippen LogP contribution in [0.1, 0.15) is 18.3 Å². The first-order valence-corrected chi connectivity index (χ1v) is 7.50. The normalized spacial score (nSPS) is 18.2. The number of hydrogen-bond acceptors (Lipinski definition) is 4. The number of fused-ring (bicyclic) bond motifs is 1. The van der Waals surface area contributed by atoms with Crippen molar-refractivity contribution >= 4 is 0 Å². The third-order valence-electron chi connectivity index (χ3n) is 4.33. The lowest BCUT2D eigenvalue weighted by atomic mass is 9.81. The van der Waals surface area contributed by atoms with Gasteiger partial charge in [0.1, 0.15) is 12.2 Å². The van der Waals surface area contributed by atoms with Gasteiger partial charge in [0.15, 0.2) is 0 Å². The Kier molecular flexibility index (Phi) is 4.03. The van der Waals surface area contributed by atoms with Gasteiger partial charge in [0.25, 0.3) is 0 Å². The second-order valence-electron chi connectivity index (χ2n) is 6.11. The number of benzene rings is 1. The Morgan fingerprint density at radius 1 is 1.24 bits per heavy atom. The Labute approximate surface area is 126 Å². The first kappa shape index (κ1) is 14.2. The second kappa shape index (κ2) is 5.95. The molecule has 0 spiro atoms. The van der Waals surface area contributed by atoms with Crippen molar-refractivity contribution in [2.75, 3.05) is 26.7 Å². The molecule has 2 heterocycles. The molecule has 0 radical (unpaired) electrons. The number of hydrogen-bond donors (Lipinski definition) is 1. The van der Waals surface area contributed by atoms with Crippen LogP contribution in [0, 0.1) is 0 Å². The van der Waals surface area contributed by atoms with Crippen LogP contribution in [0.5, 0.6) is 0 Å². The van der Waals surface area contributed by atoms with E-state index in [1.807, 2.05) is 13.4 Å². The van der Waals surface area contributed by atoms with Gasteiger partial charge in [-0.2, -0.15) is 0 Å². The summed E-state index contributed by atoms with van der Waals surface area (Å²) in [6.07, 6.45) is 1.83. The Hall–Kier alpha value is -1.72. The van der Waals surface area contributed by atoms with Crippen molar-refractivity contribution in [2.24, 2.45) is 0 Å². The fourth-order valence-corrected chi connectivity index (χ4v) is 3.22. The van der Waals surface area contributed by atoms with Crippen molar-refractivity contribution in [1.29, 1.82) is 0 Å². The van der Waals surface area contributed by atoms with Crippen LogP contribution in [-0.4, -0.2) is 46.3 Å². The third-order valence-corrected chi connectivity index (χ3v) is 4.33. The van der Waals surface area contributed by atoms with Crippen LogP contribution < -0.4 is 5.32 Å². The van der Waals surface area contributed by atoms with E-state index in [2.05, 4.69) is 62.2 Å². The van der Waals surface area contributed by atoms with Gasteiger partial charge in [-0.05, 0) is 12.6 Å². The minimum absolute atomic E-state index is 0.0954. The van der Waals surface area contributed by atoms with Crippen molar-refractivity contribution in [1.82, 2.24) is 25.0 Å². The molecule has 0 amide bonds. The Morgan fingerprint density at radius 2 is 2.05 bits per heavy atom. The lowest BCUT2D eigenvalue weighted by molar-refractivity contribution is 0.171. The van der Waals surface area contributed by atoms with E-state index < -0.39 is 0 Å². The number of nitrogens with one attached hydrogen (secondary N) is 1. The highest BCUT2D eigenvalue weighted by Crippen LogP contribution is 2.25. The average Bonchev–Trinajstić information content (AvgIpc) is 2.96. The molecule has 0 saturated carbocycles. The molecule has 112 valence electrons. The molecule has 1 aromatic heterocycles. The molecule has 2 aromatic rings. The molecule has 1 unspecified atom stereocenters. The maximum absolute atomic E-state index is 4.21. The van der Waals surface area contributed by atoms with Gasteiger partial charge >= 0.3 is 0 Å². The van der Waals surface area contributed by atoms with Crippen LogP contribution in [0.4, 0.5) is 0 Å². The molecule has 1 N–H and O–H groups in total. The topological polar surface area (TPSA) is 46.0 Å². The van der Waals surface area contributed by atoms with Crippen LogP contribution >= 0.6 is 0 Å². The molecule has 1 aromatic carbocycles. The minimum Gasteiger partial charge on any atom is -0.319 e. The molecule has 5 nitrogen and oxygen atoms in total. The molecule has 0 bridgehead atoms. The van der Waals surface area contributed by atoms with E-state index in [4.69, 9.17) is 0 Å². The lowest BCUT2D eigenvalue weighted by Crippen LogP contribution is -2.47. The first-order chi connectivity index (χ1) is 10.2. The van der Waals surface area contributed by atoms with E-state index in [1.165, 1.54) is 5.56 Å². The van der Waals surface area contributed by atoms with Crippen LogP contribution in [0.15, 0.2) is 36.7 Å². The molecule has 1 atom stereocenters. The van der Waals surface area contributed by atoms with E-state index in [9.17, 15) is 0 Å². The standard InChI is InChI=1S/C16H23N5/c1-16(11-17-2,14-6-4-3-5-7-14)12-20-8-9-21-13-18-19-15(21)10-20/h3-7,13,17H,8-12H2,1-2H3. The number of aromatic nitrogens is 3. The maximum atomic E-state index is 4.21. The highest BCUT2D eigenvalue weighted by Gasteiger charge is 2.30. The molecule has 5 heteroatoms. The van der Waals surface area contributed by atoms with Gasteiger partial charge in [-0.25, -0.2) is 0 Å². The second-order valence-corrected chi connectivity index (χ2v) is 6.11. The monoisotopic (exact) mass is 285 g/mol. The smallest absolute Gasteiger partial charge is 0.147 e. The molecular weight excluding hydrogens is 262 g/mol. The molecule has 21 heavy (non-hydrogen) atoms. The number of likely N-dealkylation sites (N-methyl/N-ethyl adjacent to an activating group) is 1. The SMILES string of the molecule is CNCC(C)(CN1CCn2cnnc2C1)c1ccccc1. The summed E-state index contributed by atoms with van der Waals surface area (Å²) < 4.78 is 2.15. The van der Waals surface area contributed by atoms with Crippen LogP contribution in [0.2, 0.25) is 0 Å². The van der Waals surface area contributed by atoms with Crippen LogP contribution in [0.3, 0.4) is 0 Å². The van der Waals surface area contributed by atoms with Crippen molar-refractivity contribution in [3.8, 4) is 0 Å². The Bertz CT molecular complexity index is 579. The van der Waals surface area contributed by atoms with Crippen molar-refractivity contribution < 1.29 is 0 Å². The van der Waals surface area contributed by atoms with Gasteiger partial charge in [-0.1, -0.05) is 37.3 Å². The summed E-state index contributed by atoms with van der Waals surface area (Å²) in [4.78, 5) is 2.48. The van der Waals surface area contributed by atoms with Gasteiger partial charge in [-0.15, -0.1) is 10.2 Å². The zero-order chi connectivity index (χ0) is 14.7. The molecular formula is C16H23N5. The van der Waals surface area contributed by atoms with Crippen molar-refractivity contribution in [3.63, 3.8) is 0 Å². The zero-order valence-corrected chi connectivity index (χ0v) is 12.8.